The van der Waals surface area contributed by atoms with E-state index < -0.39 is 0 Å². The molecule has 1 aromatic carbocycles. The summed E-state index contributed by atoms with van der Waals surface area (Å²) in [5.74, 6) is 0. The molecule has 2 aromatic heterocycles. The second-order valence-corrected chi connectivity index (χ2v) is 5.10. The Labute approximate surface area is 123 Å². The van der Waals surface area contributed by atoms with E-state index in [1.165, 1.54) is 0 Å². The molecule has 0 bridgehead atoms. The molecule has 0 atom stereocenters. The molecule has 3 aromatic rings. The Morgan fingerprint density at radius 2 is 1.90 bits per heavy atom. The van der Waals surface area contributed by atoms with E-state index in [-0.39, 0.29) is 5.56 Å². The van der Waals surface area contributed by atoms with E-state index >= 15 is 0 Å². The van der Waals surface area contributed by atoms with Crippen molar-refractivity contribution in [3.05, 3.63) is 64.2 Å². The first kappa shape index (κ1) is 13.6. The fraction of sp³-hybridized carbons (Fsp3) is 0.222. The summed E-state index contributed by atoms with van der Waals surface area (Å²) < 4.78 is 0. The third kappa shape index (κ3) is 2.35. The number of benzene rings is 1. The van der Waals surface area contributed by atoms with Gasteiger partial charge in [-0.1, -0.05) is 32.0 Å². The number of fused-ring (bicyclic) bond motifs is 1. The molecular formula is C18H18N2O. The zero-order valence-electron chi connectivity index (χ0n) is 12.3. The van der Waals surface area contributed by atoms with Crippen LogP contribution in [0.3, 0.4) is 0 Å². The van der Waals surface area contributed by atoms with Gasteiger partial charge in [0.25, 0.3) is 0 Å². The first-order valence-electron chi connectivity index (χ1n) is 7.33. The summed E-state index contributed by atoms with van der Waals surface area (Å²) in [6.07, 6.45) is 3.47. The van der Waals surface area contributed by atoms with E-state index in [1.807, 2.05) is 30.5 Å². The van der Waals surface area contributed by atoms with Crippen LogP contribution in [0.1, 0.15) is 25.1 Å². The minimum Gasteiger partial charge on any atom is -0.326 e. The molecule has 3 nitrogen and oxygen atoms in total. The van der Waals surface area contributed by atoms with Gasteiger partial charge in [0.1, 0.15) is 0 Å². The summed E-state index contributed by atoms with van der Waals surface area (Å²) in [6, 6.07) is 11.9. The van der Waals surface area contributed by atoms with Gasteiger partial charge < -0.3 is 4.98 Å². The van der Waals surface area contributed by atoms with Gasteiger partial charge in [-0.25, -0.2) is 0 Å². The number of aryl methyl sites for hydroxylation is 2. The zero-order valence-corrected chi connectivity index (χ0v) is 12.3. The standard InChI is InChI=1S/C18H18N2O/c1-3-12-11-17(21)20-15(4-2)18(12)14-9-10-19-16-8-6-5-7-13(14)16/h5-11H,3-4H2,1-2H3,(H,20,21). The topological polar surface area (TPSA) is 45.8 Å². The van der Waals surface area contributed by atoms with Crippen molar-refractivity contribution in [3.63, 3.8) is 0 Å². The van der Waals surface area contributed by atoms with Gasteiger partial charge in [0.2, 0.25) is 5.56 Å². The van der Waals surface area contributed by atoms with Crippen LogP contribution in [-0.2, 0) is 12.8 Å². The van der Waals surface area contributed by atoms with Crippen molar-refractivity contribution in [1.82, 2.24) is 9.97 Å². The molecule has 0 fully saturated rings. The molecule has 106 valence electrons. The smallest absolute Gasteiger partial charge is 0.248 e. The molecule has 1 N–H and O–H groups in total. The molecular weight excluding hydrogens is 260 g/mol. The van der Waals surface area contributed by atoms with Crippen LogP contribution >= 0.6 is 0 Å². The van der Waals surface area contributed by atoms with E-state index in [0.29, 0.717) is 0 Å². The second kappa shape index (κ2) is 5.52. The largest absolute Gasteiger partial charge is 0.326 e. The maximum Gasteiger partial charge on any atom is 0.248 e. The minimum atomic E-state index is -0.0224. The Kier molecular flexibility index (Phi) is 3.57. The van der Waals surface area contributed by atoms with E-state index in [4.69, 9.17) is 0 Å². The highest BCUT2D eigenvalue weighted by molar-refractivity contribution is 5.95. The Bertz CT molecular complexity index is 816. The fourth-order valence-corrected chi connectivity index (χ4v) is 2.86. The van der Waals surface area contributed by atoms with E-state index in [9.17, 15) is 4.79 Å². The lowest BCUT2D eigenvalue weighted by atomic mass is 9.93. The quantitative estimate of drug-likeness (QED) is 0.793. The predicted molar refractivity (Wildman–Crippen MR) is 86.6 cm³/mol. The Hall–Kier alpha value is -2.42. The predicted octanol–water partition coefficient (Wildman–Crippen LogP) is 3.71. The van der Waals surface area contributed by atoms with Crippen LogP contribution in [0.15, 0.2) is 47.4 Å². The molecule has 0 unspecified atom stereocenters. The van der Waals surface area contributed by atoms with Crippen LogP contribution in [0.25, 0.3) is 22.0 Å². The van der Waals surface area contributed by atoms with Crippen LogP contribution in [0.4, 0.5) is 0 Å². The van der Waals surface area contributed by atoms with Crippen molar-refractivity contribution in [2.75, 3.05) is 0 Å². The van der Waals surface area contributed by atoms with Crippen molar-refractivity contribution in [2.45, 2.75) is 26.7 Å². The molecule has 0 saturated heterocycles. The number of aromatic amines is 1. The molecule has 0 spiro atoms. The maximum atomic E-state index is 11.8. The van der Waals surface area contributed by atoms with E-state index in [2.05, 4.69) is 29.9 Å². The summed E-state index contributed by atoms with van der Waals surface area (Å²) in [4.78, 5) is 19.2. The number of nitrogens with zero attached hydrogens (tertiary/aromatic N) is 1. The third-order valence-electron chi connectivity index (χ3n) is 3.86. The van der Waals surface area contributed by atoms with Crippen molar-refractivity contribution in [3.8, 4) is 11.1 Å². The molecule has 0 aliphatic heterocycles. The van der Waals surface area contributed by atoms with Crippen LogP contribution in [-0.4, -0.2) is 9.97 Å². The fourth-order valence-electron chi connectivity index (χ4n) is 2.86. The Balaban J connectivity index is 2.40. The van der Waals surface area contributed by atoms with Crippen molar-refractivity contribution < 1.29 is 0 Å². The summed E-state index contributed by atoms with van der Waals surface area (Å²) in [5, 5.41) is 1.12. The zero-order chi connectivity index (χ0) is 14.8. The van der Waals surface area contributed by atoms with Crippen molar-refractivity contribution in [1.29, 1.82) is 0 Å². The Morgan fingerprint density at radius 1 is 1.10 bits per heavy atom. The third-order valence-corrected chi connectivity index (χ3v) is 3.86. The number of aromatic nitrogens is 2. The molecule has 0 aliphatic rings. The van der Waals surface area contributed by atoms with Crippen LogP contribution in [0, 0.1) is 0 Å². The van der Waals surface area contributed by atoms with Gasteiger partial charge in [0, 0.05) is 28.9 Å². The highest BCUT2D eigenvalue weighted by Gasteiger charge is 2.13. The van der Waals surface area contributed by atoms with Gasteiger partial charge in [-0.15, -0.1) is 0 Å². The SMILES string of the molecule is CCc1cc(=O)[nH]c(CC)c1-c1ccnc2ccccc12. The monoisotopic (exact) mass is 278 g/mol. The van der Waals surface area contributed by atoms with Crippen molar-refractivity contribution in [2.24, 2.45) is 0 Å². The Morgan fingerprint density at radius 3 is 2.67 bits per heavy atom. The lowest BCUT2D eigenvalue weighted by molar-refractivity contribution is 0.988. The average molecular weight is 278 g/mol. The van der Waals surface area contributed by atoms with Crippen LogP contribution < -0.4 is 5.56 Å². The van der Waals surface area contributed by atoms with E-state index in [1.54, 1.807) is 6.07 Å². The normalized spacial score (nSPS) is 11.0. The molecule has 0 saturated carbocycles. The maximum absolute atomic E-state index is 11.8. The molecule has 3 heteroatoms. The van der Waals surface area contributed by atoms with Crippen LogP contribution in [0.5, 0.6) is 0 Å². The molecule has 21 heavy (non-hydrogen) atoms. The summed E-state index contributed by atoms with van der Waals surface area (Å²) in [6.45, 7) is 4.15. The highest BCUT2D eigenvalue weighted by atomic mass is 16.1. The number of pyridine rings is 2. The molecule has 0 amide bonds. The molecule has 0 radical (unpaired) electrons. The number of hydrogen-bond donors (Lipinski definition) is 1. The highest BCUT2D eigenvalue weighted by Crippen LogP contribution is 2.31. The van der Waals surface area contributed by atoms with Crippen LogP contribution in [0.2, 0.25) is 0 Å². The number of para-hydroxylation sites is 1. The second-order valence-electron chi connectivity index (χ2n) is 5.10. The molecule has 2 heterocycles. The number of nitrogens with one attached hydrogen (secondary N) is 1. The van der Waals surface area contributed by atoms with Gasteiger partial charge >= 0.3 is 0 Å². The lowest BCUT2D eigenvalue weighted by Crippen LogP contribution is -2.11. The van der Waals surface area contributed by atoms with Gasteiger partial charge in [0.15, 0.2) is 0 Å². The minimum absolute atomic E-state index is 0.0224. The summed E-state index contributed by atoms with van der Waals surface area (Å²) in [5.41, 5.74) is 5.34. The van der Waals surface area contributed by atoms with Gasteiger partial charge in [-0.3, -0.25) is 9.78 Å². The van der Waals surface area contributed by atoms with Crippen molar-refractivity contribution >= 4 is 10.9 Å². The first-order chi connectivity index (χ1) is 10.2. The summed E-state index contributed by atoms with van der Waals surface area (Å²) in [7, 11) is 0. The molecule has 0 aliphatic carbocycles. The van der Waals surface area contributed by atoms with Gasteiger partial charge in [0.05, 0.1) is 5.52 Å². The first-order valence-corrected chi connectivity index (χ1v) is 7.33. The van der Waals surface area contributed by atoms with E-state index in [0.717, 1.165) is 46.1 Å². The summed E-state index contributed by atoms with van der Waals surface area (Å²) >= 11 is 0. The average Bonchev–Trinajstić information content (AvgIpc) is 2.53. The lowest BCUT2D eigenvalue weighted by Gasteiger charge is -2.14. The van der Waals surface area contributed by atoms with Gasteiger partial charge in [-0.2, -0.15) is 0 Å². The van der Waals surface area contributed by atoms with Gasteiger partial charge in [-0.05, 0) is 36.1 Å². The number of rotatable bonds is 3. The number of H-pyrrole nitrogens is 1. The molecule has 3 rings (SSSR count). The number of hydrogen-bond acceptors (Lipinski definition) is 2.